The number of aromatic nitrogens is 2. The fraction of sp³-hybridized carbons (Fsp3) is 0.409. The van der Waals surface area contributed by atoms with Crippen molar-refractivity contribution < 1.29 is 27.4 Å². The lowest BCUT2D eigenvalue weighted by Gasteiger charge is -2.15. The zero-order chi connectivity index (χ0) is 23.0. The van der Waals surface area contributed by atoms with Gasteiger partial charge in [0.05, 0.1) is 28.4 Å². The first-order chi connectivity index (χ1) is 15.2. The molecule has 1 N–H and O–H groups in total. The molecule has 0 atom stereocenters. The predicted molar refractivity (Wildman–Crippen MR) is 116 cm³/mol. The molecule has 2 heterocycles. The average Bonchev–Trinajstić information content (AvgIpc) is 3.52. The molecule has 0 saturated heterocycles. The van der Waals surface area contributed by atoms with Crippen LogP contribution in [0.4, 0.5) is 18.9 Å². The minimum Gasteiger partial charge on any atom is -0.489 e. The van der Waals surface area contributed by atoms with Crippen LogP contribution in [0.2, 0.25) is 0 Å². The lowest BCUT2D eigenvalue weighted by Crippen LogP contribution is -2.15. The summed E-state index contributed by atoms with van der Waals surface area (Å²) in [6.45, 7) is 4.06. The van der Waals surface area contributed by atoms with Gasteiger partial charge in [0, 0.05) is 18.4 Å². The highest BCUT2D eigenvalue weighted by Crippen LogP contribution is 2.41. The molecule has 2 aromatic heterocycles. The van der Waals surface area contributed by atoms with E-state index in [9.17, 15) is 18.0 Å². The van der Waals surface area contributed by atoms with Gasteiger partial charge < -0.3 is 14.8 Å². The second-order valence-electron chi connectivity index (χ2n) is 7.68. The first-order valence-electron chi connectivity index (χ1n) is 10.1. The number of alkyl halides is 3. The van der Waals surface area contributed by atoms with E-state index in [-0.39, 0.29) is 24.7 Å². The third kappa shape index (κ3) is 4.56. The maximum Gasteiger partial charge on any atom is 0.416 e. The number of rotatable bonds is 7. The van der Waals surface area contributed by atoms with Gasteiger partial charge in [-0.2, -0.15) is 13.2 Å². The number of amides is 1. The van der Waals surface area contributed by atoms with E-state index in [1.54, 1.807) is 6.92 Å². The topological polar surface area (TPSA) is 73.3 Å². The number of methoxy groups -OCH3 is 1. The van der Waals surface area contributed by atoms with E-state index in [1.807, 2.05) is 6.92 Å². The summed E-state index contributed by atoms with van der Waals surface area (Å²) in [7, 11) is 1.49. The molecule has 170 valence electrons. The monoisotopic (exact) mass is 465 g/mol. The highest BCUT2D eigenvalue weighted by molar-refractivity contribution is 7.20. The average molecular weight is 465 g/mol. The number of nitrogens with zero attached hydrogens (tertiary/aromatic N) is 2. The summed E-state index contributed by atoms with van der Waals surface area (Å²) in [6, 6.07) is 2.99. The minimum absolute atomic E-state index is 0.0562. The number of halogens is 3. The Morgan fingerprint density at radius 2 is 1.97 bits per heavy atom. The Balaban J connectivity index is 1.67. The molecule has 1 amide bonds. The zero-order valence-electron chi connectivity index (χ0n) is 17.8. The van der Waals surface area contributed by atoms with Crippen LogP contribution in [0.15, 0.2) is 18.2 Å². The molecule has 4 rings (SSSR count). The van der Waals surface area contributed by atoms with E-state index in [4.69, 9.17) is 9.47 Å². The molecular weight excluding hydrogens is 443 g/mol. The van der Waals surface area contributed by atoms with Crippen molar-refractivity contribution in [1.82, 2.24) is 9.97 Å². The maximum atomic E-state index is 13.2. The van der Waals surface area contributed by atoms with E-state index in [1.165, 1.54) is 24.5 Å². The number of ether oxygens (including phenoxy) is 2. The lowest BCUT2D eigenvalue weighted by atomic mass is 10.1. The summed E-state index contributed by atoms with van der Waals surface area (Å²) >= 11 is 1.22. The van der Waals surface area contributed by atoms with Gasteiger partial charge in [-0.15, -0.1) is 11.3 Å². The SMILES string of the molecule is COCCOc1ccc(C(F)(F)F)cc1NC(=O)c1sc2nc(C3CC3)nc(C)c2c1C. The first-order valence-corrected chi connectivity index (χ1v) is 10.9. The zero-order valence-corrected chi connectivity index (χ0v) is 18.6. The number of carbonyl (C=O) groups excluding carboxylic acids is 1. The fourth-order valence-electron chi connectivity index (χ4n) is 3.44. The van der Waals surface area contributed by atoms with E-state index in [2.05, 4.69) is 15.3 Å². The van der Waals surface area contributed by atoms with E-state index in [0.29, 0.717) is 21.2 Å². The highest BCUT2D eigenvalue weighted by Gasteiger charge is 2.32. The third-order valence-electron chi connectivity index (χ3n) is 5.24. The van der Waals surface area contributed by atoms with Crippen LogP contribution in [-0.4, -0.2) is 36.2 Å². The van der Waals surface area contributed by atoms with Gasteiger partial charge in [-0.25, -0.2) is 9.97 Å². The molecule has 0 aliphatic heterocycles. The number of hydrogen-bond donors (Lipinski definition) is 1. The summed E-state index contributed by atoms with van der Waals surface area (Å²) < 4.78 is 50.1. The third-order valence-corrected chi connectivity index (χ3v) is 6.42. The first kappa shape index (κ1) is 22.5. The van der Waals surface area contributed by atoms with Crippen LogP contribution in [0.1, 0.15) is 51.1 Å². The number of benzene rings is 1. The molecule has 0 bridgehead atoms. The van der Waals surface area contributed by atoms with Gasteiger partial charge >= 0.3 is 6.18 Å². The second kappa shape index (κ2) is 8.67. The van der Waals surface area contributed by atoms with Gasteiger partial charge in [0.1, 0.15) is 23.0 Å². The Morgan fingerprint density at radius 1 is 1.22 bits per heavy atom. The largest absolute Gasteiger partial charge is 0.489 e. The predicted octanol–water partition coefficient (Wildman–Crippen LogP) is 5.48. The van der Waals surface area contributed by atoms with Crippen LogP contribution in [-0.2, 0) is 10.9 Å². The molecule has 0 spiro atoms. The van der Waals surface area contributed by atoms with Crippen molar-refractivity contribution in [3.8, 4) is 5.75 Å². The Kier molecular flexibility index (Phi) is 6.09. The molecule has 0 radical (unpaired) electrons. The van der Waals surface area contributed by atoms with Gasteiger partial charge in [-0.3, -0.25) is 4.79 Å². The van der Waals surface area contributed by atoms with Crippen LogP contribution in [0.3, 0.4) is 0 Å². The van der Waals surface area contributed by atoms with Crippen LogP contribution in [0.5, 0.6) is 5.75 Å². The van der Waals surface area contributed by atoms with Crippen molar-refractivity contribution in [2.75, 3.05) is 25.6 Å². The summed E-state index contributed by atoms with van der Waals surface area (Å²) in [5.74, 6) is 0.771. The summed E-state index contributed by atoms with van der Waals surface area (Å²) in [5, 5.41) is 3.41. The van der Waals surface area contributed by atoms with Crippen molar-refractivity contribution in [3.05, 3.63) is 45.7 Å². The summed E-state index contributed by atoms with van der Waals surface area (Å²) in [5.41, 5.74) is 0.568. The van der Waals surface area contributed by atoms with Crippen LogP contribution < -0.4 is 10.1 Å². The van der Waals surface area contributed by atoms with Crippen LogP contribution >= 0.6 is 11.3 Å². The standard InChI is InChI=1S/C22H22F3N3O3S/c1-11-17-12(2)26-19(13-4-5-13)28-21(17)32-18(11)20(29)27-15-10-14(22(23,24)25)6-7-16(15)31-9-8-30-3/h6-7,10,13H,4-5,8-9H2,1-3H3,(H,27,29). The van der Waals surface area contributed by atoms with Crippen molar-refractivity contribution in [3.63, 3.8) is 0 Å². The Hall–Kier alpha value is -2.72. The number of fused-ring (bicyclic) bond motifs is 1. The molecule has 1 aromatic carbocycles. The smallest absolute Gasteiger partial charge is 0.416 e. The van der Waals surface area contributed by atoms with E-state index >= 15 is 0 Å². The van der Waals surface area contributed by atoms with Gasteiger partial charge in [0.15, 0.2) is 0 Å². The number of nitrogens with one attached hydrogen (secondary N) is 1. The fourth-order valence-corrected chi connectivity index (χ4v) is 4.58. The second-order valence-corrected chi connectivity index (χ2v) is 8.68. The molecule has 1 saturated carbocycles. The molecule has 1 fully saturated rings. The van der Waals surface area contributed by atoms with E-state index in [0.717, 1.165) is 41.9 Å². The molecule has 0 unspecified atom stereocenters. The number of carbonyl (C=O) groups is 1. The van der Waals surface area contributed by atoms with Gasteiger partial charge in [0.25, 0.3) is 5.91 Å². The Labute approximate surface area is 186 Å². The van der Waals surface area contributed by atoms with Crippen LogP contribution in [0.25, 0.3) is 10.2 Å². The van der Waals surface area contributed by atoms with Gasteiger partial charge in [-0.05, 0) is 50.5 Å². The minimum atomic E-state index is -4.55. The van der Waals surface area contributed by atoms with Crippen molar-refractivity contribution >= 4 is 33.1 Å². The Bertz CT molecular complexity index is 1170. The number of thiophene rings is 1. The number of anilines is 1. The lowest BCUT2D eigenvalue weighted by molar-refractivity contribution is -0.137. The number of aryl methyl sites for hydroxylation is 2. The van der Waals surface area contributed by atoms with Crippen molar-refractivity contribution in [1.29, 1.82) is 0 Å². The molecule has 10 heteroatoms. The summed E-state index contributed by atoms with van der Waals surface area (Å²) in [6.07, 6.45) is -2.43. The quantitative estimate of drug-likeness (QED) is 0.468. The van der Waals surface area contributed by atoms with E-state index < -0.39 is 17.6 Å². The molecule has 1 aliphatic carbocycles. The highest BCUT2D eigenvalue weighted by atomic mass is 32.1. The molecule has 3 aromatic rings. The van der Waals surface area contributed by atoms with Crippen LogP contribution in [0, 0.1) is 13.8 Å². The Morgan fingerprint density at radius 3 is 2.62 bits per heavy atom. The molecular formula is C22H22F3N3O3S. The maximum absolute atomic E-state index is 13.2. The normalized spacial score (nSPS) is 14.1. The number of hydrogen-bond acceptors (Lipinski definition) is 6. The molecule has 32 heavy (non-hydrogen) atoms. The van der Waals surface area contributed by atoms with Gasteiger partial charge in [0.2, 0.25) is 0 Å². The van der Waals surface area contributed by atoms with Crippen molar-refractivity contribution in [2.45, 2.75) is 38.8 Å². The summed E-state index contributed by atoms with van der Waals surface area (Å²) in [4.78, 5) is 23.4. The van der Waals surface area contributed by atoms with Gasteiger partial charge in [-0.1, -0.05) is 0 Å². The molecule has 1 aliphatic rings. The van der Waals surface area contributed by atoms with Crippen molar-refractivity contribution in [2.24, 2.45) is 0 Å². The molecule has 6 nitrogen and oxygen atoms in total.